The summed E-state index contributed by atoms with van der Waals surface area (Å²) in [6, 6.07) is 10.2. The van der Waals surface area contributed by atoms with E-state index in [2.05, 4.69) is 44.5 Å². The van der Waals surface area contributed by atoms with Crippen LogP contribution >= 0.6 is 11.3 Å². The van der Waals surface area contributed by atoms with Crippen LogP contribution in [0, 0.1) is 12.5 Å². The van der Waals surface area contributed by atoms with Crippen LogP contribution in [0.15, 0.2) is 48.2 Å². The standard InChI is InChI=1S/C25H28N5O5S2/c31-22-9-20(8-19(22)10-28-37(33,34)35)29-25-21(11-26-15-27-25)24(32)23-7-16(14-36-23)12-30-6-5-17-3-1-2-4-18(17)13-30/h1-4,7,10-11,14-15,19-20,22,28,31H,5-6,8-9,12-13H2,(H,26,27,29)(H,33,34,35)/t19-,20-,22+/m1/s1. The van der Waals surface area contributed by atoms with E-state index in [-0.39, 0.29) is 11.8 Å². The molecule has 0 spiro atoms. The number of nitrogens with zero attached hydrogens (tertiary/aromatic N) is 3. The zero-order valence-corrected chi connectivity index (χ0v) is 21.6. The van der Waals surface area contributed by atoms with Crippen LogP contribution in [0.3, 0.4) is 0 Å². The molecule has 3 aromatic rings. The maximum absolute atomic E-state index is 13.4. The maximum atomic E-state index is 13.4. The second kappa shape index (κ2) is 10.9. The molecule has 0 unspecified atom stereocenters. The molecule has 0 bridgehead atoms. The topological polar surface area (TPSA) is 145 Å². The molecule has 1 fully saturated rings. The molecule has 3 heterocycles. The normalized spacial score (nSPS) is 22.1. The minimum Gasteiger partial charge on any atom is -0.393 e. The Hall–Kier alpha value is -2.74. The summed E-state index contributed by atoms with van der Waals surface area (Å²) in [5, 5.41) is 15.5. The van der Waals surface area contributed by atoms with Gasteiger partial charge in [0.25, 0.3) is 0 Å². The van der Waals surface area contributed by atoms with Crippen LogP contribution in [0.25, 0.3) is 0 Å². The van der Waals surface area contributed by atoms with Gasteiger partial charge in [0.05, 0.1) is 16.5 Å². The van der Waals surface area contributed by atoms with Gasteiger partial charge in [0.15, 0.2) is 0 Å². The van der Waals surface area contributed by atoms with Crippen LogP contribution in [0.2, 0.25) is 0 Å². The molecular formula is C25H28N5O5S2. The first-order valence-electron chi connectivity index (χ1n) is 12.0. The minimum absolute atomic E-state index is 0.182. The SMILES string of the molecule is O=C(c1cc(CN2CCc3ccccc3C2)cs1)c1cncnc1N[C@H]1C[C@H](O)[C@@H]([CH]NS(=O)(=O)O)C1. The van der Waals surface area contributed by atoms with E-state index in [0.717, 1.165) is 31.6 Å². The number of carbonyl (C=O) groups is 1. The lowest BCUT2D eigenvalue weighted by Gasteiger charge is -2.28. The van der Waals surface area contributed by atoms with Gasteiger partial charge in [-0.3, -0.25) is 14.2 Å². The van der Waals surface area contributed by atoms with Crippen LogP contribution in [0.4, 0.5) is 5.82 Å². The van der Waals surface area contributed by atoms with Crippen molar-refractivity contribution in [2.45, 2.75) is 44.5 Å². The molecule has 10 nitrogen and oxygen atoms in total. The predicted octanol–water partition coefficient (Wildman–Crippen LogP) is 2.43. The second-order valence-corrected chi connectivity index (χ2v) is 11.6. The first-order chi connectivity index (χ1) is 17.7. The summed E-state index contributed by atoms with van der Waals surface area (Å²) < 4.78 is 32.7. The number of hydrogen-bond donors (Lipinski definition) is 4. The van der Waals surface area contributed by atoms with Crippen molar-refractivity contribution in [1.29, 1.82) is 0 Å². The number of aliphatic hydroxyl groups is 1. The number of aliphatic hydroxyl groups excluding tert-OH is 1. The van der Waals surface area contributed by atoms with Crippen molar-refractivity contribution < 1.29 is 22.9 Å². The van der Waals surface area contributed by atoms with Crippen molar-refractivity contribution in [3.63, 3.8) is 0 Å². The summed E-state index contributed by atoms with van der Waals surface area (Å²) in [6.07, 6.45) is 3.75. The Kier molecular flexibility index (Phi) is 7.65. The molecule has 0 amide bonds. The zero-order chi connectivity index (χ0) is 26.0. The smallest absolute Gasteiger partial charge is 0.333 e. The van der Waals surface area contributed by atoms with Crippen LogP contribution in [0.5, 0.6) is 0 Å². The number of benzene rings is 1. The first kappa shape index (κ1) is 25.9. The Morgan fingerprint density at radius 3 is 2.86 bits per heavy atom. The molecule has 37 heavy (non-hydrogen) atoms. The third-order valence-corrected chi connectivity index (χ3v) is 8.21. The molecule has 5 rings (SSSR count). The molecule has 1 aromatic carbocycles. The maximum Gasteiger partial charge on any atom is 0.333 e. The van der Waals surface area contributed by atoms with Gasteiger partial charge in [-0.25, -0.2) is 9.97 Å². The van der Waals surface area contributed by atoms with Gasteiger partial charge >= 0.3 is 10.3 Å². The lowest BCUT2D eigenvalue weighted by molar-refractivity contribution is 0.104. The zero-order valence-electron chi connectivity index (χ0n) is 19.9. The average molecular weight is 543 g/mol. The highest BCUT2D eigenvalue weighted by Gasteiger charge is 2.34. The number of aromatic nitrogens is 2. The van der Waals surface area contributed by atoms with Crippen LogP contribution < -0.4 is 10.0 Å². The number of fused-ring (bicyclic) bond motifs is 1. The van der Waals surface area contributed by atoms with Gasteiger partial charge in [-0.2, -0.15) is 13.1 Å². The highest BCUT2D eigenvalue weighted by Crippen LogP contribution is 2.31. The Morgan fingerprint density at radius 1 is 1.24 bits per heavy atom. The molecule has 1 aliphatic heterocycles. The Bertz CT molecular complexity index is 1380. The van der Waals surface area contributed by atoms with E-state index in [1.165, 1.54) is 41.5 Å². The van der Waals surface area contributed by atoms with E-state index < -0.39 is 22.3 Å². The Balaban J connectivity index is 1.23. The third-order valence-electron chi connectivity index (χ3n) is 6.80. The largest absolute Gasteiger partial charge is 0.393 e. The minimum atomic E-state index is -4.38. The van der Waals surface area contributed by atoms with E-state index in [4.69, 9.17) is 4.55 Å². The highest BCUT2D eigenvalue weighted by atomic mass is 32.2. The van der Waals surface area contributed by atoms with E-state index >= 15 is 0 Å². The van der Waals surface area contributed by atoms with Crippen LogP contribution in [0.1, 0.15) is 44.8 Å². The fourth-order valence-corrected chi connectivity index (χ4v) is 6.18. The summed E-state index contributed by atoms with van der Waals surface area (Å²) in [4.78, 5) is 24.6. The molecule has 12 heteroatoms. The van der Waals surface area contributed by atoms with Gasteiger partial charge in [-0.05, 0) is 47.4 Å². The number of carbonyl (C=O) groups excluding carboxylic acids is 1. The number of nitrogens with one attached hydrogen (secondary N) is 2. The summed E-state index contributed by atoms with van der Waals surface area (Å²) in [5.41, 5.74) is 4.17. The van der Waals surface area contributed by atoms with E-state index in [1.54, 1.807) is 0 Å². The summed E-state index contributed by atoms with van der Waals surface area (Å²) in [6.45, 7) is 3.80. The molecule has 2 aromatic heterocycles. The highest BCUT2D eigenvalue weighted by molar-refractivity contribution is 7.83. The summed E-state index contributed by atoms with van der Waals surface area (Å²) in [5.74, 6) is -0.316. The molecule has 3 atom stereocenters. The number of thiophene rings is 1. The monoisotopic (exact) mass is 542 g/mol. The Labute approximate surface area is 219 Å². The van der Waals surface area contributed by atoms with E-state index in [0.29, 0.717) is 29.1 Å². The van der Waals surface area contributed by atoms with Crippen molar-refractivity contribution in [1.82, 2.24) is 19.6 Å². The fourth-order valence-electron chi connectivity index (χ4n) is 4.98. The molecule has 4 N–H and O–H groups in total. The van der Waals surface area contributed by atoms with Gasteiger partial charge in [0, 0.05) is 44.3 Å². The molecule has 1 radical (unpaired) electrons. The average Bonchev–Trinajstić information content (AvgIpc) is 3.48. The third kappa shape index (κ3) is 6.40. The van der Waals surface area contributed by atoms with Crippen molar-refractivity contribution >= 4 is 33.2 Å². The van der Waals surface area contributed by atoms with Crippen LogP contribution in [-0.4, -0.2) is 57.4 Å². The first-order valence-corrected chi connectivity index (χ1v) is 14.3. The van der Waals surface area contributed by atoms with E-state index in [9.17, 15) is 18.3 Å². The lowest BCUT2D eigenvalue weighted by atomic mass is 10.00. The molecule has 1 saturated carbocycles. The van der Waals surface area contributed by atoms with Gasteiger partial charge in [-0.1, -0.05) is 24.3 Å². The van der Waals surface area contributed by atoms with Gasteiger partial charge < -0.3 is 10.4 Å². The number of ketones is 1. The van der Waals surface area contributed by atoms with Crippen LogP contribution in [-0.2, 0) is 29.8 Å². The van der Waals surface area contributed by atoms with Crippen molar-refractivity contribution in [2.24, 2.45) is 5.92 Å². The number of hydrogen-bond acceptors (Lipinski definition) is 9. The van der Waals surface area contributed by atoms with Gasteiger partial charge in [0.1, 0.15) is 12.1 Å². The predicted molar refractivity (Wildman–Crippen MR) is 139 cm³/mol. The van der Waals surface area contributed by atoms with Crippen molar-refractivity contribution in [3.05, 3.63) is 81.9 Å². The number of rotatable bonds is 9. The Morgan fingerprint density at radius 2 is 2.05 bits per heavy atom. The number of anilines is 1. The quantitative estimate of drug-likeness (QED) is 0.237. The molecule has 0 saturated heterocycles. The lowest BCUT2D eigenvalue weighted by Crippen LogP contribution is -2.29. The molecule has 2 aliphatic rings. The fraction of sp³-hybridized carbons (Fsp3) is 0.360. The molecule has 195 valence electrons. The van der Waals surface area contributed by atoms with Crippen molar-refractivity contribution in [3.8, 4) is 0 Å². The van der Waals surface area contributed by atoms with Gasteiger partial charge in [-0.15, -0.1) is 11.3 Å². The second-order valence-electron chi connectivity index (χ2n) is 9.47. The van der Waals surface area contributed by atoms with E-state index in [1.807, 2.05) is 16.2 Å². The molecule has 1 aliphatic carbocycles. The molecular weight excluding hydrogens is 514 g/mol. The van der Waals surface area contributed by atoms with Gasteiger partial charge in [0.2, 0.25) is 5.78 Å². The summed E-state index contributed by atoms with van der Waals surface area (Å²) in [7, 11) is -4.38. The summed E-state index contributed by atoms with van der Waals surface area (Å²) >= 11 is 1.39. The van der Waals surface area contributed by atoms with Crippen molar-refractivity contribution in [2.75, 3.05) is 11.9 Å².